The molecule has 0 saturated carbocycles. The largest absolute Gasteiger partial charge is 0.377 e. The SMILES string of the molecule is CCNCC(C)S(=O)(=O)N1CCCC(C)(OC)C1. The van der Waals surface area contributed by atoms with Gasteiger partial charge in [-0.15, -0.1) is 0 Å². The second-order valence-corrected chi connectivity index (χ2v) is 7.61. The average molecular weight is 278 g/mol. The van der Waals surface area contributed by atoms with Crippen LogP contribution in [0.3, 0.4) is 0 Å². The van der Waals surface area contributed by atoms with Crippen molar-refractivity contribution >= 4 is 10.0 Å². The maximum Gasteiger partial charge on any atom is 0.218 e. The van der Waals surface area contributed by atoms with Gasteiger partial charge in [0, 0.05) is 26.7 Å². The van der Waals surface area contributed by atoms with Crippen LogP contribution in [0, 0.1) is 0 Å². The molecule has 1 aliphatic heterocycles. The Kier molecular flexibility index (Phi) is 5.58. The number of nitrogens with zero attached hydrogens (tertiary/aromatic N) is 1. The van der Waals surface area contributed by atoms with Gasteiger partial charge in [-0.3, -0.25) is 0 Å². The van der Waals surface area contributed by atoms with Crippen LogP contribution in [-0.4, -0.2) is 56.9 Å². The highest BCUT2D eigenvalue weighted by Crippen LogP contribution is 2.26. The van der Waals surface area contributed by atoms with Gasteiger partial charge in [0.1, 0.15) is 0 Å². The molecule has 1 saturated heterocycles. The minimum Gasteiger partial charge on any atom is -0.377 e. The van der Waals surface area contributed by atoms with Gasteiger partial charge in [0.2, 0.25) is 10.0 Å². The molecule has 0 spiro atoms. The Morgan fingerprint density at radius 3 is 2.72 bits per heavy atom. The molecule has 0 aromatic heterocycles. The van der Waals surface area contributed by atoms with Crippen molar-refractivity contribution in [1.82, 2.24) is 9.62 Å². The van der Waals surface area contributed by atoms with Crippen molar-refractivity contribution in [2.45, 2.75) is 44.5 Å². The van der Waals surface area contributed by atoms with Crippen LogP contribution >= 0.6 is 0 Å². The molecular weight excluding hydrogens is 252 g/mol. The molecule has 2 unspecified atom stereocenters. The number of nitrogens with one attached hydrogen (secondary N) is 1. The Hall–Kier alpha value is -0.170. The summed E-state index contributed by atoms with van der Waals surface area (Å²) < 4.78 is 31.9. The second-order valence-electron chi connectivity index (χ2n) is 5.25. The zero-order chi connectivity index (χ0) is 13.8. The van der Waals surface area contributed by atoms with Crippen molar-refractivity contribution in [3.05, 3.63) is 0 Å². The van der Waals surface area contributed by atoms with Crippen LogP contribution in [0.5, 0.6) is 0 Å². The Balaban J connectivity index is 2.72. The standard InChI is InChI=1S/C12H26N2O3S/c1-5-13-9-11(2)18(15,16)14-8-6-7-12(3,10-14)17-4/h11,13H,5-10H2,1-4H3. The lowest BCUT2D eigenvalue weighted by molar-refractivity contribution is -0.0320. The van der Waals surface area contributed by atoms with Gasteiger partial charge in [-0.2, -0.15) is 4.31 Å². The topological polar surface area (TPSA) is 58.6 Å². The maximum atomic E-state index is 12.4. The first-order chi connectivity index (χ1) is 8.35. The van der Waals surface area contributed by atoms with E-state index in [4.69, 9.17) is 4.74 Å². The first kappa shape index (κ1) is 15.9. The number of hydrogen-bond acceptors (Lipinski definition) is 4. The smallest absolute Gasteiger partial charge is 0.218 e. The third kappa shape index (κ3) is 3.66. The fraction of sp³-hybridized carbons (Fsp3) is 1.00. The molecule has 0 aromatic rings. The van der Waals surface area contributed by atoms with E-state index >= 15 is 0 Å². The monoisotopic (exact) mass is 278 g/mol. The van der Waals surface area contributed by atoms with E-state index in [0.29, 0.717) is 19.6 Å². The van der Waals surface area contributed by atoms with E-state index in [0.717, 1.165) is 19.4 Å². The van der Waals surface area contributed by atoms with E-state index in [2.05, 4.69) is 5.32 Å². The molecule has 1 aliphatic rings. The molecule has 1 heterocycles. The third-order valence-electron chi connectivity index (χ3n) is 3.67. The van der Waals surface area contributed by atoms with Crippen molar-refractivity contribution in [1.29, 1.82) is 0 Å². The summed E-state index contributed by atoms with van der Waals surface area (Å²) >= 11 is 0. The van der Waals surface area contributed by atoms with Gasteiger partial charge in [-0.25, -0.2) is 8.42 Å². The Morgan fingerprint density at radius 2 is 2.17 bits per heavy atom. The van der Waals surface area contributed by atoms with E-state index < -0.39 is 15.3 Å². The van der Waals surface area contributed by atoms with Crippen LogP contribution in [-0.2, 0) is 14.8 Å². The van der Waals surface area contributed by atoms with Gasteiger partial charge >= 0.3 is 0 Å². The van der Waals surface area contributed by atoms with Crippen LogP contribution in [0.25, 0.3) is 0 Å². The number of hydrogen-bond donors (Lipinski definition) is 1. The van der Waals surface area contributed by atoms with Crippen LogP contribution in [0.4, 0.5) is 0 Å². The predicted molar refractivity (Wildman–Crippen MR) is 73.1 cm³/mol. The van der Waals surface area contributed by atoms with Crippen LogP contribution in [0.2, 0.25) is 0 Å². The summed E-state index contributed by atoms with van der Waals surface area (Å²) in [7, 11) is -1.57. The van der Waals surface area contributed by atoms with Crippen LogP contribution in [0.15, 0.2) is 0 Å². The number of piperidine rings is 1. The fourth-order valence-electron chi connectivity index (χ4n) is 2.25. The van der Waals surface area contributed by atoms with Gasteiger partial charge in [0.25, 0.3) is 0 Å². The fourth-order valence-corrected chi connectivity index (χ4v) is 3.93. The lowest BCUT2D eigenvalue weighted by Gasteiger charge is -2.39. The summed E-state index contributed by atoms with van der Waals surface area (Å²) in [5.41, 5.74) is -0.344. The van der Waals surface area contributed by atoms with Gasteiger partial charge in [-0.05, 0) is 33.2 Å². The summed E-state index contributed by atoms with van der Waals surface area (Å²) in [6.45, 7) is 8.07. The zero-order valence-electron chi connectivity index (χ0n) is 11.9. The summed E-state index contributed by atoms with van der Waals surface area (Å²) in [6.07, 6.45) is 1.77. The lowest BCUT2D eigenvalue weighted by Crippen LogP contribution is -2.52. The summed E-state index contributed by atoms with van der Waals surface area (Å²) in [5.74, 6) is 0. The molecule has 0 amide bonds. The average Bonchev–Trinajstić information content (AvgIpc) is 2.35. The molecule has 0 aromatic carbocycles. The van der Waals surface area contributed by atoms with Crippen molar-refractivity contribution in [3.8, 4) is 0 Å². The lowest BCUT2D eigenvalue weighted by atomic mass is 9.96. The highest BCUT2D eigenvalue weighted by molar-refractivity contribution is 7.89. The second kappa shape index (κ2) is 6.32. The number of rotatable bonds is 6. The molecule has 6 heteroatoms. The molecule has 2 atom stereocenters. The van der Waals surface area contributed by atoms with Crippen LogP contribution in [0.1, 0.15) is 33.6 Å². The molecule has 1 rings (SSSR count). The van der Waals surface area contributed by atoms with E-state index in [1.807, 2.05) is 13.8 Å². The summed E-state index contributed by atoms with van der Waals surface area (Å²) in [4.78, 5) is 0. The van der Waals surface area contributed by atoms with Crippen molar-refractivity contribution in [2.75, 3.05) is 33.3 Å². The van der Waals surface area contributed by atoms with E-state index in [1.165, 1.54) is 0 Å². The van der Waals surface area contributed by atoms with Gasteiger partial charge < -0.3 is 10.1 Å². The van der Waals surface area contributed by atoms with Crippen molar-refractivity contribution < 1.29 is 13.2 Å². The molecule has 0 aliphatic carbocycles. The highest BCUT2D eigenvalue weighted by Gasteiger charge is 2.38. The van der Waals surface area contributed by atoms with Gasteiger partial charge in [0.15, 0.2) is 0 Å². The van der Waals surface area contributed by atoms with E-state index in [-0.39, 0.29) is 5.60 Å². The normalized spacial score (nSPS) is 28.2. The molecule has 1 N–H and O–H groups in total. The highest BCUT2D eigenvalue weighted by atomic mass is 32.2. The van der Waals surface area contributed by atoms with Gasteiger partial charge in [-0.1, -0.05) is 6.92 Å². The third-order valence-corrected chi connectivity index (χ3v) is 5.88. The summed E-state index contributed by atoms with van der Waals surface area (Å²) in [6, 6.07) is 0. The number of methoxy groups -OCH3 is 1. The molecule has 0 bridgehead atoms. The Labute approximate surface area is 111 Å². The van der Waals surface area contributed by atoms with E-state index in [1.54, 1.807) is 18.3 Å². The van der Waals surface area contributed by atoms with Crippen molar-refractivity contribution in [3.63, 3.8) is 0 Å². The predicted octanol–water partition coefficient (Wildman–Crippen LogP) is 0.815. The number of ether oxygens (including phenoxy) is 1. The van der Waals surface area contributed by atoms with Crippen molar-refractivity contribution in [2.24, 2.45) is 0 Å². The molecule has 108 valence electrons. The minimum atomic E-state index is -3.22. The van der Waals surface area contributed by atoms with E-state index in [9.17, 15) is 8.42 Å². The first-order valence-electron chi connectivity index (χ1n) is 6.60. The Morgan fingerprint density at radius 1 is 1.50 bits per heavy atom. The molecule has 18 heavy (non-hydrogen) atoms. The zero-order valence-corrected chi connectivity index (χ0v) is 12.7. The molecular formula is C12H26N2O3S. The Bertz CT molecular complexity index is 358. The van der Waals surface area contributed by atoms with Gasteiger partial charge in [0.05, 0.1) is 10.9 Å². The minimum absolute atomic E-state index is 0.344. The molecule has 0 radical (unpaired) electrons. The first-order valence-corrected chi connectivity index (χ1v) is 8.11. The number of sulfonamides is 1. The maximum absolute atomic E-state index is 12.4. The quantitative estimate of drug-likeness (QED) is 0.781. The molecule has 5 nitrogen and oxygen atoms in total. The van der Waals surface area contributed by atoms with Crippen LogP contribution < -0.4 is 5.32 Å². The molecule has 1 fully saturated rings. The summed E-state index contributed by atoms with van der Waals surface area (Å²) in [5, 5.41) is 2.70.